The van der Waals surface area contributed by atoms with Crippen molar-refractivity contribution in [3.63, 3.8) is 0 Å². The highest BCUT2D eigenvalue weighted by molar-refractivity contribution is 7.07. The largest absolute Gasteiger partial charge is 0.455 e. The van der Waals surface area contributed by atoms with E-state index in [1.807, 2.05) is 47.3 Å². The number of aryl methyl sites for hydroxylation is 1. The van der Waals surface area contributed by atoms with Crippen LogP contribution in [0, 0.1) is 18.8 Å². The van der Waals surface area contributed by atoms with Crippen molar-refractivity contribution < 1.29 is 23.9 Å². The van der Waals surface area contributed by atoms with E-state index in [2.05, 4.69) is 4.99 Å². The summed E-state index contributed by atoms with van der Waals surface area (Å²) in [6.45, 7) is 2.12. The maximum atomic E-state index is 12.5. The summed E-state index contributed by atoms with van der Waals surface area (Å²) in [5.74, 6) is -2.03. The van der Waals surface area contributed by atoms with Gasteiger partial charge in [0.2, 0.25) is 11.8 Å². The van der Waals surface area contributed by atoms with Crippen molar-refractivity contribution in [1.82, 2.24) is 9.47 Å². The molecule has 1 aliphatic carbocycles. The number of hydrogen-bond donors (Lipinski definition) is 0. The van der Waals surface area contributed by atoms with Crippen molar-refractivity contribution in [2.75, 3.05) is 13.2 Å². The lowest BCUT2D eigenvalue weighted by molar-refractivity contribution is -0.149. The molecular weight excluding hydrogens is 442 g/mol. The van der Waals surface area contributed by atoms with Gasteiger partial charge in [-0.1, -0.05) is 42.7 Å². The Morgan fingerprint density at radius 1 is 1.09 bits per heavy atom. The minimum atomic E-state index is -0.632. The topological polar surface area (TPSA) is 98.0 Å². The quantitative estimate of drug-likeness (QED) is 0.458. The molecule has 9 heteroatoms. The number of ether oxygens (including phenoxy) is 1. The lowest BCUT2D eigenvalue weighted by atomic mass is 9.81. The predicted molar refractivity (Wildman–Crippen MR) is 121 cm³/mol. The average molecular weight is 470 g/mol. The van der Waals surface area contributed by atoms with E-state index in [4.69, 9.17) is 4.74 Å². The van der Waals surface area contributed by atoms with E-state index in [1.54, 1.807) is 0 Å². The standard InChI is InChI=1S/C24H27N3O5S/c1-16-6-8-17(9-7-16)14-26-12-13-33-24(26)25-20(28)15-32-21(29)10-11-27-22(30)18-4-2-3-5-19(18)23(27)31/h6-9,12-13,18-19H,2-5,10-11,14-15H2,1H3/t18-,19+. The summed E-state index contributed by atoms with van der Waals surface area (Å²) in [7, 11) is 0. The molecule has 2 heterocycles. The van der Waals surface area contributed by atoms with Gasteiger partial charge in [0, 0.05) is 24.7 Å². The fraction of sp³-hybridized carbons (Fsp3) is 0.458. The third-order valence-electron chi connectivity index (χ3n) is 6.18. The van der Waals surface area contributed by atoms with Crippen LogP contribution in [0.2, 0.25) is 0 Å². The maximum Gasteiger partial charge on any atom is 0.308 e. The van der Waals surface area contributed by atoms with Crippen LogP contribution >= 0.6 is 11.3 Å². The van der Waals surface area contributed by atoms with Crippen LogP contribution in [0.25, 0.3) is 0 Å². The summed E-state index contributed by atoms with van der Waals surface area (Å²) in [6.07, 6.45) is 5.10. The summed E-state index contributed by atoms with van der Waals surface area (Å²) < 4.78 is 6.90. The number of esters is 1. The molecule has 1 saturated heterocycles. The molecule has 0 unspecified atom stereocenters. The molecule has 0 N–H and O–H groups in total. The number of amides is 3. The molecule has 174 valence electrons. The van der Waals surface area contributed by atoms with Gasteiger partial charge in [-0.2, -0.15) is 4.99 Å². The van der Waals surface area contributed by atoms with Crippen molar-refractivity contribution in [3.05, 3.63) is 51.8 Å². The Labute approximate surface area is 195 Å². The van der Waals surface area contributed by atoms with E-state index in [0.717, 1.165) is 31.2 Å². The second kappa shape index (κ2) is 10.2. The van der Waals surface area contributed by atoms with Crippen LogP contribution in [-0.4, -0.2) is 46.3 Å². The van der Waals surface area contributed by atoms with E-state index in [0.29, 0.717) is 11.3 Å². The normalized spacial score (nSPS) is 20.8. The van der Waals surface area contributed by atoms with E-state index in [-0.39, 0.29) is 36.6 Å². The number of fused-ring (bicyclic) bond motifs is 1. The highest BCUT2D eigenvalue weighted by Gasteiger charge is 2.47. The Morgan fingerprint density at radius 2 is 1.76 bits per heavy atom. The van der Waals surface area contributed by atoms with E-state index in [9.17, 15) is 19.2 Å². The van der Waals surface area contributed by atoms with Crippen LogP contribution in [0.1, 0.15) is 43.2 Å². The van der Waals surface area contributed by atoms with E-state index < -0.39 is 18.5 Å². The number of carbonyl (C=O) groups excluding carboxylic acids is 4. The first-order valence-corrected chi connectivity index (χ1v) is 12.1. The third kappa shape index (κ3) is 5.47. The molecule has 2 atom stereocenters. The Balaban J connectivity index is 1.27. The number of carbonyl (C=O) groups is 4. The first-order valence-electron chi connectivity index (χ1n) is 11.2. The monoisotopic (exact) mass is 469 g/mol. The van der Waals surface area contributed by atoms with Gasteiger partial charge in [-0.3, -0.25) is 24.1 Å². The highest BCUT2D eigenvalue weighted by atomic mass is 32.1. The minimum absolute atomic E-state index is 0.00366. The van der Waals surface area contributed by atoms with Gasteiger partial charge in [-0.15, -0.1) is 11.3 Å². The number of aromatic nitrogens is 1. The molecule has 4 rings (SSSR count). The number of likely N-dealkylation sites (tertiary alicyclic amines) is 1. The Kier molecular flexibility index (Phi) is 7.17. The molecule has 1 aliphatic heterocycles. The zero-order valence-corrected chi connectivity index (χ0v) is 19.4. The molecule has 2 fully saturated rings. The number of hydrogen-bond acceptors (Lipinski definition) is 6. The SMILES string of the molecule is Cc1ccc(Cn2ccsc2=NC(=O)COC(=O)CCN2C(=O)[C@H]3CCCC[C@H]3C2=O)cc1. The molecule has 1 aromatic carbocycles. The average Bonchev–Trinajstić information content (AvgIpc) is 3.34. The molecule has 0 bridgehead atoms. The fourth-order valence-corrected chi connectivity index (χ4v) is 5.15. The van der Waals surface area contributed by atoms with Crippen molar-refractivity contribution in [3.8, 4) is 0 Å². The summed E-state index contributed by atoms with van der Waals surface area (Å²) >= 11 is 1.33. The van der Waals surface area contributed by atoms with Gasteiger partial charge in [0.15, 0.2) is 11.4 Å². The van der Waals surface area contributed by atoms with Gasteiger partial charge in [-0.05, 0) is 25.3 Å². The third-order valence-corrected chi connectivity index (χ3v) is 6.98. The van der Waals surface area contributed by atoms with E-state index in [1.165, 1.54) is 21.8 Å². The number of imide groups is 1. The Hall–Kier alpha value is -3.07. The molecule has 0 spiro atoms. The molecule has 2 aromatic rings. The number of benzene rings is 1. The predicted octanol–water partition coefficient (Wildman–Crippen LogP) is 2.44. The summed E-state index contributed by atoms with van der Waals surface area (Å²) in [6, 6.07) is 8.11. The summed E-state index contributed by atoms with van der Waals surface area (Å²) in [5.41, 5.74) is 2.26. The lowest BCUT2D eigenvalue weighted by Gasteiger charge is -2.19. The molecule has 3 amide bonds. The summed E-state index contributed by atoms with van der Waals surface area (Å²) in [5, 5.41) is 1.84. The molecule has 8 nitrogen and oxygen atoms in total. The number of nitrogens with zero attached hydrogens (tertiary/aromatic N) is 3. The first kappa shape index (κ1) is 23.1. The minimum Gasteiger partial charge on any atom is -0.455 e. The lowest BCUT2D eigenvalue weighted by Crippen LogP contribution is -2.33. The van der Waals surface area contributed by atoms with Crippen LogP contribution < -0.4 is 4.80 Å². The van der Waals surface area contributed by atoms with Gasteiger partial charge >= 0.3 is 5.97 Å². The van der Waals surface area contributed by atoms with Gasteiger partial charge in [0.05, 0.1) is 18.3 Å². The first-order chi connectivity index (χ1) is 15.9. The smallest absolute Gasteiger partial charge is 0.308 e. The summed E-state index contributed by atoms with van der Waals surface area (Å²) in [4.78, 5) is 55.0. The fourth-order valence-electron chi connectivity index (χ4n) is 4.41. The second-order valence-corrected chi connectivity index (χ2v) is 9.41. The molecule has 0 radical (unpaired) electrons. The molecule has 33 heavy (non-hydrogen) atoms. The van der Waals surface area contributed by atoms with Gasteiger partial charge < -0.3 is 9.30 Å². The zero-order chi connectivity index (χ0) is 23.4. The van der Waals surface area contributed by atoms with Gasteiger partial charge in [0.25, 0.3) is 5.91 Å². The second-order valence-electron chi connectivity index (χ2n) is 8.54. The van der Waals surface area contributed by atoms with Gasteiger partial charge in [0.1, 0.15) is 0 Å². The van der Waals surface area contributed by atoms with Crippen LogP contribution in [0.5, 0.6) is 0 Å². The Morgan fingerprint density at radius 3 is 2.42 bits per heavy atom. The van der Waals surface area contributed by atoms with Crippen molar-refractivity contribution in [2.24, 2.45) is 16.8 Å². The molecule has 1 aromatic heterocycles. The van der Waals surface area contributed by atoms with Crippen LogP contribution in [0.15, 0.2) is 40.8 Å². The highest BCUT2D eigenvalue weighted by Crippen LogP contribution is 2.37. The van der Waals surface area contributed by atoms with Gasteiger partial charge in [-0.25, -0.2) is 0 Å². The molecular formula is C24H27N3O5S. The Bertz CT molecular complexity index is 1090. The van der Waals surface area contributed by atoms with Crippen molar-refractivity contribution in [2.45, 2.75) is 45.6 Å². The maximum absolute atomic E-state index is 12.5. The number of rotatable bonds is 7. The molecule has 1 saturated carbocycles. The van der Waals surface area contributed by atoms with Crippen LogP contribution in [-0.2, 0) is 30.5 Å². The molecule has 2 aliphatic rings. The zero-order valence-electron chi connectivity index (χ0n) is 18.6. The van der Waals surface area contributed by atoms with E-state index >= 15 is 0 Å². The van der Waals surface area contributed by atoms with Crippen LogP contribution in [0.4, 0.5) is 0 Å². The van der Waals surface area contributed by atoms with Crippen molar-refractivity contribution >= 4 is 35.0 Å². The van der Waals surface area contributed by atoms with Crippen LogP contribution in [0.3, 0.4) is 0 Å². The van der Waals surface area contributed by atoms with Crippen molar-refractivity contribution in [1.29, 1.82) is 0 Å². The number of thiazole rings is 1.